The van der Waals surface area contributed by atoms with Crippen LogP contribution in [0.1, 0.15) is 23.7 Å². The van der Waals surface area contributed by atoms with Gasteiger partial charge in [0, 0.05) is 22.1 Å². The number of benzene rings is 1. The second kappa shape index (κ2) is 8.67. The second-order valence-corrected chi connectivity index (χ2v) is 7.50. The zero-order valence-corrected chi connectivity index (χ0v) is 16.4. The third kappa shape index (κ3) is 3.83. The lowest BCUT2D eigenvalue weighted by Gasteiger charge is -2.22. The average molecular weight is 365 g/mol. The molecule has 0 N–H and O–H groups in total. The second-order valence-electron chi connectivity index (χ2n) is 5.61. The van der Waals surface area contributed by atoms with Crippen LogP contribution in [-0.2, 0) is 0 Å². The smallest absolute Gasteiger partial charge is 0.170 e. The number of carbonyl (C=O) groups is 1. The Hall–Kier alpha value is -1.33. The zero-order valence-electron chi connectivity index (χ0n) is 14.8. The first-order valence-corrected chi connectivity index (χ1v) is 10.2. The van der Waals surface area contributed by atoms with Crippen LogP contribution in [0, 0.1) is 11.8 Å². The minimum absolute atomic E-state index is 0.0680. The summed E-state index contributed by atoms with van der Waals surface area (Å²) in [4.78, 5) is 13.1. The van der Waals surface area contributed by atoms with Crippen LogP contribution in [-0.4, -0.2) is 32.5 Å². The Morgan fingerprint density at radius 1 is 1.17 bits per heavy atom. The van der Waals surface area contributed by atoms with E-state index in [0.717, 1.165) is 6.42 Å². The summed E-state index contributed by atoms with van der Waals surface area (Å²) in [6.45, 7) is 2.13. The molecule has 0 spiro atoms. The molecule has 0 saturated carbocycles. The van der Waals surface area contributed by atoms with E-state index in [1.165, 1.54) is 9.81 Å². The number of Topliss-reactive ketones (excluding diaryl/α,β-unsaturated/α-hetero) is 1. The van der Waals surface area contributed by atoms with Gasteiger partial charge in [-0.25, -0.2) is 0 Å². The predicted molar refractivity (Wildman–Crippen MR) is 104 cm³/mol. The highest BCUT2D eigenvalue weighted by atomic mass is 32.2. The van der Waals surface area contributed by atoms with Crippen molar-refractivity contribution < 1.29 is 14.3 Å². The number of methoxy groups -OCH3 is 2. The summed E-state index contributed by atoms with van der Waals surface area (Å²) >= 11 is 3.49. The molecule has 3 nitrogen and oxygen atoms in total. The molecule has 130 valence electrons. The monoisotopic (exact) mass is 364 g/mol. The molecule has 0 bridgehead atoms. The van der Waals surface area contributed by atoms with Crippen LogP contribution in [0.4, 0.5) is 0 Å². The zero-order chi connectivity index (χ0) is 17.7. The molecule has 0 amide bonds. The first-order chi connectivity index (χ1) is 11.6. The third-order valence-corrected chi connectivity index (χ3v) is 6.76. The van der Waals surface area contributed by atoms with Crippen LogP contribution in [0.15, 0.2) is 40.2 Å². The van der Waals surface area contributed by atoms with Crippen LogP contribution in [0.3, 0.4) is 0 Å². The highest BCUT2D eigenvalue weighted by Gasteiger charge is 2.33. The van der Waals surface area contributed by atoms with Crippen molar-refractivity contribution in [3.8, 4) is 11.5 Å². The number of hydrogen-bond acceptors (Lipinski definition) is 5. The van der Waals surface area contributed by atoms with Crippen molar-refractivity contribution in [3.63, 3.8) is 0 Å². The molecule has 0 heterocycles. The summed E-state index contributed by atoms with van der Waals surface area (Å²) < 4.78 is 11.9. The fraction of sp³-hybridized carbons (Fsp3) is 0.421. The number of allylic oxidation sites excluding steroid dienone is 3. The quantitative estimate of drug-likeness (QED) is 0.500. The van der Waals surface area contributed by atoms with E-state index in [1.807, 2.05) is 6.07 Å². The molecular weight excluding hydrogens is 340 g/mol. The molecule has 1 aliphatic rings. The Labute approximate surface area is 152 Å². The first-order valence-electron chi connectivity index (χ1n) is 7.79. The van der Waals surface area contributed by atoms with E-state index < -0.39 is 0 Å². The molecule has 0 radical (unpaired) electrons. The van der Waals surface area contributed by atoms with Gasteiger partial charge in [0.2, 0.25) is 0 Å². The minimum atomic E-state index is -0.0680. The summed E-state index contributed by atoms with van der Waals surface area (Å²) in [5.41, 5.74) is 1.90. The number of hydrogen-bond donors (Lipinski definition) is 0. The van der Waals surface area contributed by atoms with E-state index in [0.29, 0.717) is 17.1 Å². The van der Waals surface area contributed by atoms with E-state index in [-0.39, 0.29) is 17.6 Å². The summed E-state index contributed by atoms with van der Waals surface area (Å²) in [6.07, 6.45) is 9.21. The fourth-order valence-electron chi connectivity index (χ4n) is 3.11. The molecule has 1 aromatic rings. The standard InChI is InChI=1S/C19H24O3S2/c1-12(19(23-4)24-5)14-7-6-8-15(14)18(20)16-10-9-13(21-2)11-17(16)22-3/h6-7,9-11,14-15H,8H2,1-5H3/t14-,15+/m1/s1. The van der Waals surface area contributed by atoms with Gasteiger partial charge in [-0.05, 0) is 43.6 Å². The van der Waals surface area contributed by atoms with Crippen LogP contribution in [0.2, 0.25) is 0 Å². The van der Waals surface area contributed by atoms with Gasteiger partial charge < -0.3 is 9.47 Å². The molecule has 0 aliphatic heterocycles. The maximum Gasteiger partial charge on any atom is 0.170 e. The Morgan fingerprint density at radius 2 is 1.88 bits per heavy atom. The Bertz CT molecular complexity index is 659. The minimum Gasteiger partial charge on any atom is -0.497 e. The summed E-state index contributed by atoms with van der Waals surface area (Å²) in [6, 6.07) is 5.38. The Balaban J connectivity index is 2.34. The molecule has 5 heteroatoms. The topological polar surface area (TPSA) is 35.5 Å². The Kier molecular flexibility index (Phi) is 6.87. The molecule has 24 heavy (non-hydrogen) atoms. The maximum atomic E-state index is 13.1. The molecule has 1 aliphatic carbocycles. The molecule has 0 fully saturated rings. The normalized spacial score (nSPS) is 19.2. The highest BCUT2D eigenvalue weighted by molar-refractivity contribution is 8.21. The summed E-state index contributed by atoms with van der Waals surface area (Å²) in [5, 5.41) is 0. The van der Waals surface area contributed by atoms with Crippen molar-refractivity contribution in [2.24, 2.45) is 11.8 Å². The van der Waals surface area contributed by atoms with Crippen molar-refractivity contribution in [3.05, 3.63) is 45.7 Å². The Morgan fingerprint density at radius 3 is 2.46 bits per heavy atom. The fourth-order valence-corrected chi connectivity index (χ4v) is 4.69. The van der Waals surface area contributed by atoms with Gasteiger partial charge in [-0.1, -0.05) is 12.2 Å². The number of rotatable bonds is 7. The molecule has 2 rings (SSSR count). The van der Waals surface area contributed by atoms with E-state index in [1.54, 1.807) is 49.9 Å². The number of ether oxygens (including phenoxy) is 2. The van der Waals surface area contributed by atoms with E-state index in [2.05, 4.69) is 31.6 Å². The summed E-state index contributed by atoms with van der Waals surface area (Å²) in [7, 11) is 3.19. The van der Waals surface area contributed by atoms with Crippen molar-refractivity contribution in [1.29, 1.82) is 0 Å². The lowest BCUT2D eigenvalue weighted by atomic mass is 9.84. The van der Waals surface area contributed by atoms with Crippen LogP contribution in [0.25, 0.3) is 0 Å². The van der Waals surface area contributed by atoms with Gasteiger partial charge in [0.1, 0.15) is 11.5 Å². The van der Waals surface area contributed by atoms with E-state index >= 15 is 0 Å². The highest BCUT2D eigenvalue weighted by Crippen LogP contribution is 2.40. The van der Waals surface area contributed by atoms with Crippen molar-refractivity contribution in [2.75, 3.05) is 26.7 Å². The van der Waals surface area contributed by atoms with Crippen LogP contribution >= 0.6 is 23.5 Å². The van der Waals surface area contributed by atoms with Gasteiger partial charge in [0.15, 0.2) is 5.78 Å². The van der Waals surface area contributed by atoms with E-state index in [9.17, 15) is 4.79 Å². The van der Waals surface area contributed by atoms with Crippen molar-refractivity contribution >= 4 is 29.3 Å². The molecule has 0 aromatic heterocycles. The van der Waals surface area contributed by atoms with Gasteiger partial charge in [-0.15, -0.1) is 23.5 Å². The van der Waals surface area contributed by atoms with Crippen LogP contribution in [0.5, 0.6) is 11.5 Å². The van der Waals surface area contributed by atoms with Gasteiger partial charge in [0.25, 0.3) is 0 Å². The number of carbonyl (C=O) groups excluding carboxylic acids is 1. The maximum absolute atomic E-state index is 13.1. The lowest BCUT2D eigenvalue weighted by Crippen LogP contribution is -2.21. The van der Waals surface area contributed by atoms with Gasteiger partial charge in [-0.2, -0.15) is 0 Å². The first kappa shape index (κ1) is 19.0. The third-order valence-electron chi connectivity index (χ3n) is 4.37. The predicted octanol–water partition coefficient (Wildman–Crippen LogP) is 5.04. The molecule has 0 saturated heterocycles. The van der Waals surface area contributed by atoms with Gasteiger partial charge >= 0.3 is 0 Å². The van der Waals surface area contributed by atoms with Gasteiger partial charge in [0.05, 0.1) is 19.8 Å². The van der Waals surface area contributed by atoms with Crippen molar-refractivity contribution in [2.45, 2.75) is 13.3 Å². The van der Waals surface area contributed by atoms with E-state index in [4.69, 9.17) is 9.47 Å². The SMILES string of the molecule is COc1ccc(C(=O)[C@H]2CC=C[C@@H]2C(C)=C(SC)SC)c(OC)c1. The van der Waals surface area contributed by atoms with Crippen LogP contribution < -0.4 is 9.47 Å². The summed E-state index contributed by atoms with van der Waals surface area (Å²) in [5.74, 6) is 1.47. The average Bonchev–Trinajstić information content (AvgIpc) is 3.11. The lowest BCUT2D eigenvalue weighted by molar-refractivity contribution is 0.0904. The number of thioether (sulfide) groups is 2. The largest absolute Gasteiger partial charge is 0.497 e. The molecular formula is C19H24O3S2. The van der Waals surface area contributed by atoms with Gasteiger partial charge in [-0.3, -0.25) is 4.79 Å². The molecule has 0 unspecified atom stereocenters. The van der Waals surface area contributed by atoms with Crippen molar-refractivity contribution in [1.82, 2.24) is 0 Å². The molecule has 1 aromatic carbocycles. The molecule has 2 atom stereocenters. The number of ketones is 1.